The number of esters is 2. The van der Waals surface area contributed by atoms with Crippen LogP contribution in [-0.2, 0) is 28.6 Å². The quantitative estimate of drug-likeness (QED) is 0.0308. The van der Waals surface area contributed by atoms with Gasteiger partial charge in [0.1, 0.15) is 12.6 Å². The van der Waals surface area contributed by atoms with Crippen molar-refractivity contribution in [2.45, 2.75) is 174 Å². The molecule has 0 aromatic carbocycles. The summed E-state index contributed by atoms with van der Waals surface area (Å²) in [5.41, 5.74) is 0. The summed E-state index contributed by atoms with van der Waals surface area (Å²) in [6, 6.07) is -0.721. The van der Waals surface area contributed by atoms with E-state index in [0.717, 1.165) is 57.8 Å². The first-order valence-electron chi connectivity index (χ1n) is 18.7. The smallest absolute Gasteiger partial charge is 0.306 e. The molecule has 2 unspecified atom stereocenters. The molecule has 0 aliphatic carbocycles. The van der Waals surface area contributed by atoms with Gasteiger partial charge in [0.15, 0.2) is 6.10 Å². The molecule has 46 heavy (non-hydrogen) atoms. The Kier molecular flexibility index (Phi) is 29.1. The number of aliphatic carboxylic acids is 1. The van der Waals surface area contributed by atoms with Crippen LogP contribution in [0.5, 0.6) is 0 Å². The molecule has 0 N–H and O–H groups in total. The van der Waals surface area contributed by atoms with Gasteiger partial charge in [-0.2, -0.15) is 0 Å². The van der Waals surface area contributed by atoms with E-state index in [0.29, 0.717) is 12.8 Å². The molecule has 0 saturated carbocycles. The predicted octanol–water partition coefficient (Wildman–Crippen LogP) is 7.85. The number of carboxylic acid groups (broad SMARTS) is 1. The number of hydrogen-bond donors (Lipinski definition) is 0. The molecule has 0 fully saturated rings. The van der Waals surface area contributed by atoms with Crippen LogP contribution in [0.15, 0.2) is 12.2 Å². The minimum atomic E-state index is -1.13. The molecule has 0 amide bonds. The third kappa shape index (κ3) is 28.3. The van der Waals surface area contributed by atoms with Crippen LogP contribution in [0.1, 0.15) is 162 Å². The van der Waals surface area contributed by atoms with E-state index in [1.807, 2.05) is 0 Å². The summed E-state index contributed by atoms with van der Waals surface area (Å²) in [5.74, 6) is -1.75. The number of likely N-dealkylation sites (N-methyl/N-ethyl adjacent to an activating group) is 1. The van der Waals surface area contributed by atoms with Gasteiger partial charge in [-0.3, -0.25) is 9.59 Å². The fourth-order valence-corrected chi connectivity index (χ4v) is 5.40. The molecule has 0 aromatic rings. The normalized spacial score (nSPS) is 13.2. The zero-order chi connectivity index (χ0) is 34.3. The minimum absolute atomic E-state index is 0.0418. The minimum Gasteiger partial charge on any atom is -0.544 e. The predicted molar refractivity (Wildman–Crippen MR) is 185 cm³/mol. The van der Waals surface area contributed by atoms with Gasteiger partial charge in [0.2, 0.25) is 0 Å². The SMILES string of the molecule is CCCC/C=C/CCCCCCC(=O)OCC(COCCC(C(=O)[O-])[N+](C)(C)C)OC(=O)CCCCCCCCCCCCCC. The zero-order valence-corrected chi connectivity index (χ0v) is 30.5. The first-order valence-corrected chi connectivity index (χ1v) is 18.7. The van der Waals surface area contributed by atoms with Gasteiger partial charge in [-0.15, -0.1) is 0 Å². The average molecular weight is 654 g/mol. The number of rotatable bonds is 33. The fourth-order valence-electron chi connectivity index (χ4n) is 5.40. The molecule has 2 atom stereocenters. The third-order valence-corrected chi connectivity index (χ3v) is 8.40. The number of nitrogens with zero attached hydrogens (tertiary/aromatic N) is 1. The molecule has 0 saturated heterocycles. The van der Waals surface area contributed by atoms with E-state index in [9.17, 15) is 19.5 Å². The maximum Gasteiger partial charge on any atom is 0.306 e. The van der Waals surface area contributed by atoms with Gasteiger partial charge in [0.25, 0.3) is 0 Å². The Morgan fingerprint density at radius 2 is 1.11 bits per heavy atom. The molecule has 8 nitrogen and oxygen atoms in total. The fraction of sp³-hybridized carbons (Fsp3) is 0.868. The van der Waals surface area contributed by atoms with E-state index in [1.54, 1.807) is 21.1 Å². The molecule has 0 aliphatic rings. The average Bonchev–Trinajstić information content (AvgIpc) is 3.00. The second-order valence-corrected chi connectivity index (χ2v) is 13.8. The van der Waals surface area contributed by atoms with Crippen LogP contribution in [0.25, 0.3) is 0 Å². The second kappa shape index (κ2) is 30.4. The lowest BCUT2D eigenvalue weighted by Gasteiger charge is -2.34. The van der Waals surface area contributed by atoms with Crippen LogP contribution >= 0.6 is 0 Å². The lowest BCUT2D eigenvalue weighted by Crippen LogP contribution is -2.55. The number of unbranched alkanes of at least 4 members (excludes halogenated alkanes) is 17. The molecule has 270 valence electrons. The first kappa shape index (κ1) is 44.1. The Balaban J connectivity index is 4.44. The summed E-state index contributed by atoms with van der Waals surface area (Å²) in [6.07, 6.45) is 28.0. The number of quaternary nitrogens is 1. The van der Waals surface area contributed by atoms with Crippen molar-refractivity contribution in [2.24, 2.45) is 0 Å². The van der Waals surface area contributed by atoms with Gasteiger partial charge in [0, 0.05) is 19.3 Å². The molecular formula is C38H71NO7. The molecule has 0 bridgehead atoms. The Bertz CT molecular complexity index is 778. The number of carbonyl (C=O) groups is 3. The van der Waals surface area contributed by atoms with Crippen LogP contribution in [0, 0.1) is 0 Å². The highest BCUT2D eigenvalue weighted by atomic mass is 16.6. The highest BCUT2D eigenvalue weighted by molar-refractivity contribution is 5.70. The van der Waals surface area contributed by atoms with Crippen molar-refractivity contribution in [3.63, 3.8) is 0 Å². The summed E-state index contributed by atoms with van der Waals surface area (Å²) >= 11 is 0. The van der Waals surface area contributed by atoms with Crippen molar-refractivity contribution in [3.8, 4) is 0 Å². The lowest BCUT2D eigenvalue weighted by atomic mass is 10.0. The summed E-state index contributed by atoms with van der Waals surface area (Å²) in [5, 5.41) is 11.6. The highest BCUT2D eigenvalue weighted by Gasteiger charge is 2.25. The number of hydrogen-bond acceptors (Lipinski definition) is 7. The monoisotopic (exact) mass is 654 g/mol. The van der Waals surface area contributed by atoms with Gasteiger partial charge < -0.3 is 28.6 Å². The van der Waals surface area contributed by atoms with Crippen molar-refractivity contribution < 1.29 is 38.2 Å². The number of ether oxygens (including phenoxy) is 3. The molecule has 0 spiro atoms. The molecule has 8 heteroatoms. The van der Waals surface area contributed by atoms with Crippen molar-refractivity contribution in [2.75, 3.05) is 41.0 Å². The Morgan fingerprint density at radius 3 is 1.63 bits per heavy atom. The maximum absolute atomic E-state index is 12.6. The van der Waals surface area contributed by atoms with E-state index in [-0.39, 0.29) is 42.7 Å². The van der Waals surface area contributed by atoms with Gasteiger partial charge in [-0.1, -0.05) is 122 Å². The molecular weight excluding hydrogens is 582 g/mol. The molecule has 0 radical (unpaired) electrons. The van der Waals surface area contributed by atoms with Crippen LogP contribution in [-0.4, -0.2) is 75.5 Å². The van der Waals surface area contributed by atoms with Gasteiger partial charge >= 0.3 is 11.9 Å². The Hall–Kier alpha value is -1.93. The largest absolute Gasteiger partial charge is 0.544 e. The van der Waals surface area contributed by atoms with Gasteiger partial charge in [0.05, 0.1) is 40.3 Å². The van der Waals surface area contributed by atoms with E-state index in [2.05, 4.69) is 26.0 Å². The lowest BCUT2D eigenvalue weighted by molar-refractivity contribution is -0.889. The molecule has 0 aliphatic heterocycles. The topological polar surface area (TPSA) is 102 Å². The van der Waals surface area contributed by atoms with Crippen LogP contribution in [0.3, 0.4) is 0 Å². The highest BCUT2D eigenvalue weighted by Crippen LogP contribution is 2.14. The van der Waals surface area contributed by atoms with Crippen molar-refractivity contribution in [1.82, 2.24) is 0 Å². The first-order chi connectivity index (χ1) is 22.1. The van der Waals surface area contributed by atoms with Crippen molar-refractivity contribution in [1.29, 1.82) is 0 Å². The zero-order valence-electron chi connectivity index (χ0n) is 30.5. The summed E-state index contributed by atoms with van der Waals surface area (Å²) < 4.78 is 17.0. The number of carboxylic acids is 1. The van der Waals surface area contributed by atoms with E-state index >= 15 is 0 Å². The second-order valence-electron chi connectivity index (χ2n) is 13.8. The Labute approximate surface area is 282 Å². The third-order valence-electron chi connectivity index (χ3n) is 8.40. The van der Waals surface area contributed by atoms with Crippen molar-refractivity contribution in [3.05, 3.63) is 12.2 Å². The van der Waals surface area contributed by atoms with E-state index in [1.165, 1.54) is 70.6 Å². The van der Waals surface area contributed by atoms with Gasteiger partial charge in [-0.05, 0) is 32.1 Å². The maximum atomic E-state index is 12.6. The van der Waals surface area contributed by atoms with Crippen molar-refractivity contribution >= 4 is 17.9 Å². The number of allylic oxidation sites excluding steroid dienone is 2. The molecule has 0 heterocycles. The van der Waals surface area contributed by atoms with Gasteiger partial charge in [-0.25, -0.2) is 0 Å². The summed E-state index contributed by atoms with van der Waals surface area (Å²) in [7, 11) is 5.39. The van der Waals surface area contributed by atoms with E-state index < -0.39 is 18.1 Å². The number of carbonyl (C=O) groups excluding carboxylic acids is 3. The Morgan fingerprint density at radius 1 is 0.630 bits per heavy atom. The van der Waals surface area contributed by atoms with E-state index in [4.69, 9.17) is 14.2 Å². The van der Waals surface area contributed by atoms with Crippen LogP contribution in [0.4, 0.5) is 0 Å². The standard InChI is InChI=1S/C38H71NO7/c1-6-8-10-12-14-16-18-19-21-23-25-27-29-37(41)46-34(32-44-31-30-35(38(42)43)39(3,4)5)33-45-36(40)28-26-24-22-20-17-15-13-11-9-7-2/h13,15,34-35H,6-12,14,16-33H2,1-5H3/b15-13+. The molecule has 0 aromatic heterocycles. The van der Waals surface area contributed by atoms with Crippen LogP contribution < -0.4 is 5.11 Å². The molecule has 0 rings (SSSR count). The summed E-state index contributed by atoms with van der Waals surface area (Å²) in [6.45, 7) is 4.59. The summed E-state index contributed by atoms with van der Waals surface area (Å²) in [4.78, 5) is 36.5. The van der Waals surface area contributed by atoms with Crippen LogP contribution in [0.2, 0.25) is 0 Å².